The minimum Gasteiger partial charge on any atom is -0.244 e. The predicted octanol–water partition coefficient (Wildman–Crippen LogP) is 15.0. The van der Waals surface area contributed by atoms with E-state index in [4.69, 9.17) is 9.97 Å². The standard InChI is InChI=1S/C51H58N2/c1-5-7-9-11-13-21-33-51(34-22-14-12-10-8-6-2)45-35-37(3)27-30-43(45)44-32-29-41(36-46(44)51)42-31-28-38(4)47-50(42)53-49(40-25-19-16-20-26-40)48(52-47)39-23-17-15-18-24-39/h15-20,23-32,35-36H,5-14,21-22,33-34H2,1-4H3. The van der Waals surface area contributed by atoms with Crippen molar-refractivity contribution in [3.05, 3.63) is 131 Å². The van der Waals surface area contributed by atoms with Crippen molar-refractivity contribution in [2.24, 2.45) is 0 Å². The molecule has 5 aromatic carbocycles. The van der Waals surface area contributed by atoms with Gasteiger partial charge in [-0.05, 0) is 66.1 Å². The lowest BCUT2D eigenvalue weighted by atomic mass is 9.70. The van der Waals surface area contributed by atoms with Crippen molar-refractivity contribution in [2.45, 2.75) is 123 Å². The largest absolute Gasteiger partial charge is 0.244 e. The van der Waals surface area contributed by atoms with Gasteiger partial charge < -0.3 is 0 Å². The minimum atomic E-state index is 0.0318. The third kappa shape index (κ3) is 7.75. The van der Waals surface area contributed by atoms with Gasteiger partial charge in [0, 0.05) is 22.1 Å². The first kappa shape index (κ1) is 36.8. The van der Waals surface area contributed by atoms with Crippen molar-refractivity contribution in [3.63, 3.8) is 0 Å². The highest BCUT2D eigenvalue weighted by Crippen LogP contribution is 2.55. The third-order valence-electron chi connectivity index (χ3n) is 11.9. The van der Waals surface area contributed by atoms with Crippen molar-refractivity contribution < 1.29 is 0 Å². The first-order valence-corrected chi connectivity index (χ1v) is 20.7. The molecule has 0 unspecified atom stereocenters. The van der Waals surface area contributed by atoms with Gasteiger partial charge in [-0.15, -0.1) is 0 Å². The fourth-order valence-corrected chi connectivity index (χ4v) is 8.95. The van der Waals surface area contributed by atoms with Crippen molar-refractivity contribution in [3.8, 4) is 44.8 Å². The number of aromatic nitrogens is 2. The maximum atomic E-state index is 5.55. The summed E-state index contributed by atoms with van der Waals surface area (Å²) in [5, 5.41) is 0. The normalized spacial score (nSPS) is 13.0. The van der Waals surface area contributed by atoms with E-state index in [2.05, 4.69) is 137 Å². The second kappa shape index (κ2) is 17.1. The third-order valence-corrected chi connectivity index (χ3v) is 11.9. The SMILES string of the molecule is CCCCCCCCC1(CCCCCCCC)c2cc(C)ccc2-c2ccc(-c3ccc(C)c4nc(-c5ccccc5)c(-c5ccccc5)nc34)cc21. The minimum absolute atomic E-state index is 0.0318. The number of hydrogen-bond acceptors (Lipinski definition) is 2. The van der Waals surface area contributed by atoms with Crippen LogP contribution in [-0.4, -0.2) is 9.97 Å². The fourth-order valence-electron chi connectivity index (χ4n) is 8.95. The lowest BCUT2D eigenvalue weighted by Crippen LogP contribution is -2.25. The van der Waals surface area contributed by atoms with Crippen LogP contribution in [0.5, 0.6) is 0 Å². The highest BCUT2D eigenvalue weighted by molar-refractivity contribution is 5.98. The van der Waals surface area contributed by atoms with Crippen LogP contribution in [0.4, 0.5) is 0 Å². The molecule has 0 aliphatic heterocycles. The first-order valence-electron chi connectivity index (χ1n) is 20.7. The Morgan fingerprint density at radius 3 is 1.51 bits per heavy atom. The Labute approximate surface area is 319 Å². The van der Waals surface area contributed by atoms with E-state index in [1.807, 2.05) is 0 Å². The molecule has 0 saturated carbocycles. The van der Waals surface area contributed by atoms with Gasteiger partial charge in [-0.3, -0.25) is 0 Å². The van der Waals surface area contributed by atoms with Crippen LogP contribution in [-0.2, 0) is 5.41 Å². The van der Waals surface area contributed by atoms with E-state index < -0.39 is 0 Å². The molecule has 53 heavy (non-hydrogen) atoms. The molecule has 0 spiro atoms. The number of aryl methyl sites for hydroxylation is 2. The molecule has 1 aromatic heterocycles. The number of benzene rings is 5. The molecule has 272 valence electrons. The number of fused-ring (bicyclic) bond motifs is 4. The molecule has 7 rings (SSSR count). The summed E-state index contributed by atoms with van der Waals surface area (Å²) in [4.78, 5) is 11.0. The van der Waals surface area contributed by atoms with Gasteiger partial charge in [0.2, 0.25) is 0 Å². The lowest BCUT2D eigenvalue weighted by molar-refractivity contribution is 0.398. The van der Waals surface area contributed by atoms with E-state index in [9.17, 15) is 0 Å². The average molecular weight is 699 g/mol. The lowest BCUT2D eigenvalue weighted by Gasteiger charge is -2.33. The van der Waals surface area contributed by atoms with Gasteiger partial charge in [0.05, 0.1) is 22.4 Å². The van der Waals surface area contributed by atoms with Gasteiger partial charge in [0.1, 0.15) is 0 Å². The van der Waals surface area contributed by atoms with E-state index >= 15 is 0 Å². The molecule has 0 bridgehead atoms. The number of hydrogen-bond donors (Lipinski definition) is 0. The second-order valence-electron chi connectivity index (χ2n) is 15.7. The molecular formula is C51H58N2. The Hall–Kier alpha value is -4.56. The maximum Gasteiger partial charge on any atom is 0.0975 e. The zero-order chi connectivity index (χ0) is 36.6. The quantitative estimate of drug-likeness (QED) is 0.0886. The molecule has 0 N–H and O–H groups in total. The van der Waals surface area contributed by atoms with Crippen molar-refractivity contribution in [1.29, 1.82) is 0 Å². The van der Waals surface area contributed by atoms with Gasteiger partial charge in [-0.1, -0.05) is 200 Å². The number of nitrogens with zero attached hydrogens (tertiary/aromatic N) is 2. The summed E-state index contributed by atoms with van der Waals surface area (Å²) < 4.78 is 0. The molecule has 1 aliphatic carbocycles. The Morgan fingerprint density at radius 2 is 0.925 bits per heavy atom. The molecular weight excluding hydrogens is 641 g/mol. The highest BCUT2D eigenvalue weighted by atomic mass is 14.8. The first-order chi connectivity index (χ1) is 26.0. The molecule has 1 heterocycles. The Morgan fingerprint density at radius 1 is 0.434 bits per heavy atom. The van der Waals surface area contributed by atoms with E-state index in [1.165, 1.54) is 118 Å². The van der Waals surface area contributed by atoms with E-state index in [0.717, 1.165) is 44.7 Å². The zero-order valence-corrected chi connectivity index (χ0v) is 32.7. The molecule has 0 radical (unpaired) electrons. The number of unbranched alkanes of at least 4 members (excludes halogenated alkanes) is 10. The second-order valence-corrected chi connectivity index (χ2v) is 15.7. The molecule has 6 aromatic rings. The van der Waals surface area contributed by atoms with Crippen molar-refractivity contribution >= 4 is 11.0 Å². The van der Waals surface area contributed by atoms with E-state index in [-0.39, 0.29) is 5.41 Å². The van der Waals surface area contributed by atoms with Crippen molar-refractivity contribution in [1.82, 2.24) is 9.97 Å². The summed E-state index contributed by atoms with van der Waals surface area (Å²) in [6, 6.07) is 40.3. The molecule has 2 nitrogen and oxygen atoms in total. The topological polar surface area (TPSA) is 25.8 Å². The van der Waals surface area contributed by atoms with Crippen LogP contribution in [0.15, 0.2) is 109 Å². The van der Waals surface area contributed by atoms with Gasteiger partial charge in [0.25, 0.3) is 0 Å². The summed E-state index contributed by atoms with van der Waals surface area (Å²) in [6.45, 7) is 9.08. The van der Waals surface area contributed by atoms with Crippen LogP contribution in [0.3, 0.4) is 0 Å². The van der Waals surface area contributed by atoms with Crippen molar-refractivity contribution in [2.75, 3.05) is 0 Å². The maximum absolute atomic E-state index is 5.55. The van der Waals surface area contributed by atoms with Crippen LogP contribution in [0.2, 0.25) is 0 Å². The average Bonchev–Trinajstić information content (AvgIpc) is 3.45. The summed E-state index contributed by atoms with van der Waals surface area (Å²) in [5.41, 5.74) is 16.9. The zero-order valence-electron chi connectivity index (χ0n) is 32.7. The Bertz CT molecular complexity index is 2110. The van der Waals surface area contributed by atoms with Crippen LogP contribution >= 0.6 is 0 Å². The molecule has 0 saturated heterocycles. The molecule has 0 atom stereocenters. The molecule has 2 heteroatoms. The van der Waals surface area contributed by atoms with Gasteiger partial charge in [-0.25, -0.2) is 9.97 Å². The summed E-state index contributed by atoms with van der Waals surface area (Å²) in [5.74, 6) is 0. The molecule has 0 fully saturated rings. The smallest absolute Gasteiger partial charge is 0.0975 e. The van der Waals surface area contributed by atoms with E-state index in [0.29, 0.717) is 0 Å². The number of rotatable bonds is 17. The summed E-state index contributed by atoms with van der Waals surface area (Å²) >= 11 is 0. The van der Waals surface area contributed by atoms with Crippen LogP contribution in [0.1, 0.15) is 126 Å². The highest BCUT2D eigenvalue weighted by Gasteiger charge is 2.42. The predicted molar refractivity (Wildman–Crippen MR) is 228 cm³/mol. The van der Waals surface area contributed by atoms with Crippen LogP contribution in [0, 0.1) is 13.8 Å². The van der Waals surface area contributed by atoms with E-state index in [1.54, 1.807) is 5.56 Å². The van der Waals surface area contributed by atoms with Crippen LogP contribution in [0.25, 0.3) is 55.8 Å². The van der Waals surface area contributed by atoms with Gasteiger partial charge in [-0.2, -0.15) is 0 Å². The molecule has 0 amide bonds. The Balaban J connectivity index is 1.36. The molecule has 1 aliphatic rings. The van der Waals surface area contributed by atoms with Gasteiger partial charge >= 0.3 is 0 Å². The summed E-state index contributed by atoms with van der Waals surface area (Å²) in [7, 11) is 0. The summed E-state index contributed by atoms with van der Waals surface area (Å²) in [6.07, 6.45) is 18.3. The fraction of sp³-hybridized carbons (Fsp3) is 0.373. The van der Waals surface area contributed by atoms with Gasteiger partial charge in [0.15, 0.2) is 0 Å². The van der Waals surface area contributed by atoms with Crippen LogP contribution < -0.4 is 0 Å². The monoisotopic (exact) mass is 698 g/mol. The Kier molecular flexibility index (Phi) is 11.8.